The number of nitrogens with two attached hydrogens (primary N) is 1. The normalized spacial score (nSPS) is 14.4. The van der Waals surface area contributed by atoms with Crippen LogP contribution in [-0.2, 0) is 0 Å². The molecular weight excluding hydrogens is 212 g/mol. The minimum atomic E-state index is 0.201. The third kappa shape index (κ3) is 4.36. The van der Waals surface area contributed by atoms with Crippen molar-refractivity contribution >= 4 is 0 Å². The second kappa shape index (κ2) is 7.30. The van der Waals surface area contributed by atoms with Crippen LogP contribution in [0.15, 0.2) is 24.3 Å². The van der Waals surface area contributed by atoms with E-state index in [4.69, 9.17) is 10.6 Å². The van der Waals surface area contributed by atoms with Gasteiger partial charge in [0.2, 0.25) is 0 Å². The molecule has 0 saturated carbocycles. The van der Waals surface area contributed by atoms with Gasteiger partial charge in [-0.1, -0.05) is 38.8 Å². The molecule has 0 fully saturated rings. The molecule has 96 valence electrons. The summed E-state index contributed by atoms with van der Waals surface area (Å²) in [6.07, 6.45) is 3.51. The first-order chi connectivity index (χ1) is 8.21. The molecule has 17 heavy (non-hydrogen) atoms. The van der Waals surface area contributed by atoms with Crippen molar-refractivity contribution in [2.24, 2.45) is 11.8 Å². The number of benzene rings is 1. The molecule has 0 radical (unpaired) electrons. The Morgan fingerprint density at radius 1 is 1.41 bits per heavy atom. The van der Waals surface area contributed by atoms with Crippen LogP contribution in [0.2, 0.25) is 0 Å². The molecule has 1 aromatic rings. The first kappa shape index (κ1) is 14.0. The van der Waals surface area contributed by atoms with Gasteiger partial charge < -0.3 is 4.74 Å². The number of methoxy groups -OCH3 is 1. The van der Waals surface area contributed by atoms with Crippen LogP contribution < -0.4 is 16.0 Å². The van der Waals surface area contributed by atoms with Gasteiger partial charge in [0, 0.05) is 6.04 Å². The lowest BCUT2D eigenvalue weighted by Crippen LogP contribution is -2.29. The van der Waals surface area contributed by atoms with Gasteiger partial charge in [-0.3, -0.25) is 11.3 Å². The smallest absolute Gasteiger partial charge is 0.119 e. The van der Waals surface area contributed by atoms with Gasteiger partial charge in [-0.15, -0.1) is 0 Å². The van der Waals surface area contributed by atoms with Gasteiger partial charge in [-0.2, -0.15) is 0 Å². The molecule has 2 unspecified atom stereocenters. The van der Waals surface area contributed by atoms with E-state index in [9.17, 15) is 0 Å². The molecule has 3 nitrogen and oxygen atoms in total. The Bertz CT molecular complexity index is 328. The van der Waals surface area contributed by atoms with E-state index in [1.807, 2.05) is 18.2 Å². The molecule has 0 spiro atoms. The highest BCUT2D eigenvalue weighted by atomic mass is 16.5. The second-order valence-corrected chi connectivity index (χ2v) is 4.63. The fourth-order valence-electron chi connectivity index (χ4n) is 2.17. The Hall–Kier alpha value is -1.06. The number of rotatable bonds is 7. The van der Waals surface area contributed by atoms with Crippen molar-refractivity contribution in [2.45, 2.75) is 39.2 Å². The summed E-state index contributed by atoms with van der Waals surface area (Å²) in [5, 5.41) is 0. The van der Waals surface area contributed by atoms with Gasteiger partial charge in [0.05, 0.1) is 7.11 Å². The summed E-state index contributed by atoms with van der Waals surface area (Å²) in [7, 11) is 1.68. The molecule has 0 aliphatic rings. The standard InChI is InChI=1S/C14H24N2O/c1-4-6-11(2)9-14(16-15)12-7-5-8-13(10-12)17-3/h5,7-8,10-11,14,16H,4,6,9,15H2,1-3H3. The molecule has 1 rings (SSSR count). The topological polar surface area (TPSA) is 47.3 Å². The SMILES string of the molecule is CCCC(C)CC(NN)c1cccc(OC)c1. The van der Waals surface area contributed by atoms with Crippen molar-refractivity contribution in [3.05, 3.63) is 29.8 Å². The predicted molar refractivity (Wildman–Crippen MR) is 71.7 cm³/mol. The van der Waals surface area contributed by atoms with Gasteiger partial charge in [0.1, 0.15) is 5.75 Å². The molecule has 0 saturated heterocycles. The fraction of sp³-hybridized carbons (Fsp3) is 0.571. The van der Waals surface area contributed by atoms with Crippen molar-refractivity contribution < 1.29 is 4.74 Å². The number of hydrazine groups is 1. The third-order valence-corrected chi connectivity index (χ3v) is 3.12. The van der Waals surface area contributed by atoms with E-state index in [2.05, 4.69) is 25.3 Å². The van der Waals surface area contributed by atoms with Gasteiger partial charge in [-0.05, 0) is 30.0 Å². The Balaban J connectivity index is 2.71. The summed E-state index contributed by atoms with van der Waals surface area (Å²) >= 11 is 0. The maximum atomic E-state index is 5.65. The minimum Gasteiger partial charge on any atom is -0.497 e. The summed E-state index contributed by atoms with van der Waals surface area (Å²) in [5.74, 6) is 7.20. The fourth-order valence-corrected chi connectivity index (χ4v) is 2.17. The van der Waals surface area contributed by atoms with E-state index < -0.39 is 0 Å². The third-order valence-electron chi connectivity index (χ3n) is 3.12. The van der Waals surface area contributed by atoms with Crippen molar-refractivity contribution in [3.8, 4) is 5.75 Å². The summed E-state index contributed by atoms with van der Waals surface area (Å²) < 4.78 is 5.23. The van der Waals surface area contributed by atoms with E-state index in [1.165, 1.54) is 18.4 Å². The molecule has 0 amide bonds. The van der Waals surface area contributed by atoms with Gasteiger partial charge >= 0.3 is 0 Å². The van der Waals surface area contributed by atoms with Gasteiger partial charge in [0.15, 0.2) is 0 Å². The van der Waals surface area contributed by atoms with Crippen molar-refractivity contribution in [2.75, 3.05) is 7.11 Å². The zero-order chi connectivity index (χ0) is 12.7. The Morgan fingerprint density at radius 2 is 2.18 bits per heavy atom. The molecule has 0 aliphatic heterocycles. The highest BCUT2D eigenvalue weighted by Crippen LogP contribution is 2.25. The molecule has 0 heterocycles. The summed E-state index contributed by atoms with van der Waals surface area (Å²) in [6.45, 7) is 4.49. The van der Waals surface area contributed by atoms with E-state index in [0.29, 0.717) is 5.92 Å². The van der Waals surface area contributed by atoms with Gasteiger partial charge in [-0.25, -0.2) is 0 Å². The number of hydrogen-bond acceptors (Lipinski definition) is 3. The van der Waals surface area contributed by atoms with Crippen LogP contribution in [0, 0.1) is 5.92 Å². The summed E-state index contributed by atoms with van der Waals surface area (Å²) in [4.78, 5) is 0. The van der Waals surface area contributed by atoms with Crippen molar-refractivity contribution in [3.63, 3.8) is 0 Å². The van der Waals surface area contributed by atoms with Crippen LogP contribution in [0.3, 0.4) is 0 Å². The molecule has 0 aliphatic carbocycles. The average Bonchev–Trinajstić information content (AvgIpc) is 2.36. The average molecular weight is 236 g/mol. The molecule has 3 heteroatoms. The largest absolute Gasteiger partial charge is 0.497 e. The van der Waals surface area contributed by atoms with Crippen molar-refractivity contribution in [1.82, 2.24) is 5.43 Å². The maximum absolute atomic E-state index is 5.65. The highest BCUT2D eigenvalue weighted by molar-refractivity contribution is 5.30. The van der Waals surface area contributed by atoms with E-state index in [1.54, 1.807) is 7.11 Å². The first-order valence-corrected chi connectivity index (χ1v) is 6.31. The Labute approximate surface area is 104 Å². The van der Waals surface area contributed by atoms with Gasteiger partial charge in [0.25, 0.3) is 0 Å². The number of hydrogen-bond donors (Lipinski definition) is 2. The molecule has 0 aromatic heterocycles. The molecule has 1 aromatic carbocycles. The van der Waals surface area contributed by atoms with Crippen LogP contribution in [0.25, 0.3) is 0 Å². The minimum absolute atomic E-state index is 0.201. The summed E-state index contributed by atoms with van der Waals surface area (Å²) in [6, 6.07) is 8.29. The monoisotopic (exact) mass is 236 g/mol. The lowest BCUT2D eigenvalue weighted by molar-refractivity contribution is 0.389. The molecule has 0 bridgehead atoms. The lowest BCUT2D eigenvalue weighted by Gasteiger charge is -2.20. The van der Waals surface area contributed by atoms with E-state index >= 15 is 0 Å². The highest BCUT2D eigenvalue weighted by Gasteiger charge is 2.14. The predicted octanol–water partition coefficient (Wildman–Crippen LogP) is 3.03. The van der Waals surface area contributed by atoms with Crippen LogP contribution in [-0.4, -0.2) is 7.11 Å². The van der Waals surface area contributed by atoms with Crippen LogP contribution >= 0.6 is 0 Å². The van der Waals surface area contributed by atoms with Crippen molar-refractivity contribution in [1.29, 1.82) is 0 Å². The second-order valence-electron chi connectivity index (χ2n) is 4.63. The van der Waals surface area contributed by atoms with E-state index in [0.717, 1.165) is 12.2 Å². The summed E-state index contributed by atoms with van der Waals surface area (Å²) in [5.41, 5.74) is 4.09. The molecular formula is C14H24N2O. The van der Waals surface area contributed by atoms with Crippen LogP contribution in [0.4, 0.5) is 0 Å². The van der Waals surface area contributed by atoms with Crippen LogP contribution in [0.5, 0.6) is 5.75 Å². The van der Waals surface area contributed by atoms with Crippen LogP contribution in [0.1, 0.15) is 44.7 Å². The first-order valence-electron chi connectivity index (χ1n) is 6.31. The zero-order valence-electron chi connectivity index (χ0n) is 11.1. The molecule has 3 N–H and O–H groups in total. The Morgan fingerprint density at radius 3 is 2.76 bits per heavy atom. The quantitative estimate of drug-likeness (QED) is 0.565. The lowest BCUT2D eigenvalue weighted by atomic mass is 9.93. The Kier molecular flexibility index (Phi) is 6.01. The molecule has 2 atom stereocenters. The maximum Gasteiger partial charge on any atom is 0.119 e. The number of nitrogens with one attached hydrogen (secondary N) is 1. The van der Waals surface area contributed by atoms with E-state index in [-0.39, 0.29) is 6.04 Å². The number of ether oxygens (including phenoxy) is 1. The zero-order valence-corrected chi connectivity index (χ0v) is 11.1.